The highest BCUT2D eigenvalue weighted by Crippen LogP contribution is 2.30. The van der Waals surface area contributed by atoms with Crippen LogP contribution in [0.1, 0.15) is 18.0 Å². The zero-order valence-electron chi connectivity index (χ0n) is 8.14. The second-order valence-electron chi connectivity index (χ2n) is 3.52. The number of rotatable bonds is 2. The van der Waals surface area contributed by atoms with Gasteiger partial charge >= 0.3 is 0 Å². The topological polar surface area (TPSA) is 85.1 Å². The van der Waals surface area contributed by atoms with E-state index in [4.69, 9.17) is 0 Å². The quantitative estimate of drug-likeness (QED) is 0.657. The van der Waals surface area contributed by atoms with E-state index in [-0.39, 0.29) is 23.9 Å². The van der Waals surface area contributed by atoms with Gasteiger partial charge in [0.25, 0.3) is 5.69 Å². The minimum Gasteiger partial charge on any atom is -0.355 e. The lowest BCUT2D eigenvalue weighted by molar-refractivity contribution is -0.386. The maximum atomic E-state index is 11.1. The van der Waals surface area contributed by atoms with Crippen molar-refractivity contribution in [2.75, 3.05) is 6.54 Å². The van der Waals surface area contributed by atoms with Crippen molar-refractivity contribution in [1.82, 2.24) is 10.3 Å². The number of nitro groups is 1. The number of hydrogen-bond acceptors (Lipinski definition) is 4. The Hall–Kier alpha value is -1.50. The van der Waals surface area contributed by atoms with Crippen LogP contribution < -0.4 is 5.32 Å². The molecule has 1 unspecified atom stereocenters. The molecule has 0 radical (unpaired) electrons. The number of carbonyl (C=O) groups is 1. The Morgan fingerprint density at radius 2 is 2.38 bits per heavy atom. The van der Waals surface area contributed by atoms with Gasteiger partial charge in [0, 0.05) is 35.6 Å². The molecule has 1 amide bonds. The molecule has 0 bridgehead atoms. The van der Waals surface area contributed by atoms with Gasteiger partial charge in [-0.05, 0) is 15.9 Å². The molecule has 0 spiro atoms. The second kappa shape index (κ2) is 4.17. The maximum absolute atomic E-state index is 11.1. The number of aromatic nitrogens is 1. The van der Waals surface area contributed by atoms with Crippen molar-refractivity contribution < 1.29 is 9.72 Å². The first-order valence-corrected chi connectivity index (χ1v) is 5.43. The van der Waals surface area contributed by atoms with Gasteiger partial charge in [0.15, 0.2) is 0 Å². The fraction of sp³-hybridized carbons (Fsp3) is 0.333. The summed E-state index contributed by atoms with van der Waals surface area (Å²) >= 11 is 3.14. The van der Waals surface area contributed by atoms with Crippen LogP contribution in [-0.4, -0.2) is 22.4 Å². The summed E-state index contributed by atoms with van der Waals surface area (Å²) in [6.07, 6.45) is 1.76. The van der Waals surface area contributed by atoms with Crippen LogP contribution in [0.4, 0.5) is 5.69 Å². The third kappa shape index (κ3) is 2.04. The van der Waals surface area contributed by atoms with E-state index in [1.807, 2.05) is 0 Å². The first kappa shape index (κ1) is 11.0. The lowest BCUT2D eigenvalue weighted by Gasteiger charge is -2.07. The molecule has 7 heteroatoms. The number of amides is 1. The fourth-order valence-electron chi connectivity index (χ4n) is 1.70. The number of nitrogens with zero attached hydrogens (tertiary/aromatic N) is 2. The molecular weight excluding hydrogens is 278 g/mol. The third-order valence-corrected chi connectivity index (χ3v) is 2.86. The molecule has 16 heavy (non-hydrogen) atoms. The van der Waals surface area contributed by atoms with Crippen molar-refractivity contribution >= 4 is 27.5 Å². The Bertz CT molecular complexity index is 463. The molecule has 0 aromatic carbocycles. The van der Waals surface area contributed by atoms with Crippen molar-refractivity contribution in [2.24, 2.45) is 0 Å². The van der Waals surface area contributed by atoms with Crippen LogP contribution in [0.5, 0.6) is 0 Å². The van der Waals surface area contributed by atoms with E-state index in [1.165, 1.54) is 12.3 Å². The van der Waals surface area contributed by atoms with Crippen molar-refractivity contribution in [3.05, 3.63) is 32.5 Å². The number of pyridine rings is 1. The van der Waals surface area contributed by atoms with Crippen LogP contribution in [0, 0.1) is 10.1 Å². The summed E-state index contributed by atoms with van der Waals surface area (Å²) in [5.74, 6) is -0.301. The van der Waals surface area contributed by atoms with Crippen molar-refractivity contribution in [3.63, 3.8) is 0 Å². The van der Waals surface area contributed by atoms with Gasteiger partial charge in [-0.15, -0.1) is 0 Å². The largest absolute Gasteiger partial charge is 0.355 e. The minimum atomic E-state index is -0.476. The zero-order chi connectivity index (χ0) is 11.7. The van der Waals surface area contributed by atoms with Gasteiger partial charge in [-0.3, -0.25) is 19.9 Å². The van der Waals surface area contributed by atoms with Gasteiger partial charge in [-0.25, -0.2) is 0 Å². The summed E-state index contributed by atoms with van der Waals surface area (Å²) in [6, 6.07) is 1.41. The molecule has 6 nitrogen and oxygen atoms in total. The first-order chi connectivity index (χ1) is 7.58. The molecule has 1 aromatic rings. The minimum absolute atomic E-state index is 0.0455. The molecule has 1 fully saturated rings. The van der Waals surface area contributed by atoms with Crippen LogP contribution in [-0.2, 0) is 4.79 Å². The van der Waals surface area contributed by atoms with E-state index < -0.39 is 4.92 Å². The highest BCUT2D eigenvalue weighted by molar-refractivity contribution is 9.10. The Morgan fingerprint density at radius 1 is 1.62 bits per heavy atom. The summed E-state index contributed by atoms with van der Waals surface area (Å²) in [6.45, 7) is 0.411. The lowest BCUT2D eigenvalue weighted by atomic mass is 10.0. The normalized spacial score (nSPS) is 19.6. The van der Waals surface area contributed by atoms with Gasteiger partial charge in [0.1, 0.15) is 5.69 Å². The molecule has 1 saturated heterocycles. The average molecular weight is 286 g/mol. The number of nitrogens with one attached hydrogen (secondary N) is 1. The van der Waals surface area contributed by atoms with E-state index in [1.54, 1.807) is 0 Å². The van der Waals surface area contributed by atoms with Crippen LogP contribution in [0.3, 0.4) is 0 Å². The number of hydrogen-bond donors (Lipinski definition) is 1. The van der Waals surface area contributed by atoms with Gasteiger partial charge in [-0.1, -0.05) is 0 Å². The molecule has 1 aromatic heterocycles. The van der Waals surface area contributed by atoms with Gasteiger partial charge < -0.3 is 5.32 Å². The van der Waals surface area contributed by atoms with Crippen molar-refractivity contribution in [1.29, 1.82) is 0 Å². The van der Waals surface area contributed by atoms with Gasteiger partial charge in [0.2, 0.25) is 5.91 Å². The monoisotopic (exact) mass is 285 g/mol. The van der Waals surface area contributed by atoms with Crippen molar-refractivity contribution in [3.8, 4) is 0 Å². The lowest BCUT2D eigenvalue weighted by Crippen LogP contribution is -2.14. The number of carbonyl (C=O) groups excluding carboxylic acids is 1. The molecule has 1 N–H and O–H groups in total. The molecule has 0 aliphatic carbocycles. The number of halogens is 1. The van der Waals surface area contributed by atoms with E-state index in [9.17, 15) is 14.9 Å². The summed E-state index contributed by atoms with van der Waals surface area (Å²) in [4.78, 5) is 25.5. The Labute approximate surface area is 99.3 Å². The zero-order valence-corrected chi connectivity index (χ0v) is 9.73. The summed E-state index contributed by atoms with van der Waals surface area (Å²) in [5.41, 5.74) is 0.322. The fourth-order valence-corrected chi connectivity index (χ4v) is 2.02. The molecule has 1 atom stereocenters. The predicted molar refractivity (Wildman–Crippen MR) is 59.0 cm³/mol. The van der Waals surface area contributed by atoms with E-state index in [2.05, 4.69) is 26.2 Å². The molecule has 84 valence electrons. The highest BCUT2D eigenvalue weighted by atomic mass is 79.9. The highest BCUT2D eigenvalue weighted by Gasteiger charge is 2.30. The van der Waals surface area contributed by atoms with E-state index in [0.29, 0.717) is 16.7 Å². The molecule has 2 heterocycles. The molecule has 2 rings (SSSR count). The Kier molecular flexibility index (Phi) is 2.86. The second-order valence-corrected chi connectivity index (χ2v) is 4.44. The van der Waals surface area contributed by atoms with Gasteiger partial charge in [0.05, 0.1) is 4.92 Å². The van der Waals surface area contributed by atoms with Crippen LogP contribution in [0.2, 0.25) is 0 Å². The van der Waals surface area contributed by atoms with E-state index >= 15 is 0 Å². The molecule has 0 saturated carbocycles. The van der Waals surface area contributed by atoms with E-state index in [0.717, 1.165) is 0 Å². The smallest absolute Gasteiger partial charge is 0.292 e. The summed E-state index contributed by atoms with van der Waals surface area (Å²) in [7, 11) is 0. The van der Waals surface area contributed by atoms with Crippen molar-refractivity contribution in [2.45, 2.75) is 12.3 Å². The summed E-state index contributed by atoms with van der Waals surface area (Å²) in [5, 5.41) is 13.5. The molecule has 1 aliphatic heterocycles. The van der Waals surface area contributed by atoms with Crippen LogP contribution >= 0.6 is 15.9 Å². The molecule has 1 aliphatic rings. The standard InChI is InChI=1S/C9H8BrN3O3/c10-6-2-7(13(15)16)9(12-4-6)5-1-8(14)11-3-5/h2,4-5H,1,3H2,(H,11,14). The Morgan fingerprint density at radius 3 is 2.94 bits per heavy atom. The average Bonchev–Trinajstić information content (AvgIpc) is 2.64. The van der Waals surface area contributed by atoms with Crippen LogP contribution in [0.15, 0.2) is 16.7 Å². The summed E-state index contributed by atoms with van der Waals surface area (Å²) < 4.78 is 0.556. The molecular formula is C9H8BrN3O3. The SMILES string of the molecule is O=C1CC(c2ncc(Br)cc2[N+](=O)[O-])CN1. The Balaban J connectivity index is 2.40. The first-order valence-electron chi connectivity index (χ1n) is 4.64. The third-order valence-electron chi connectivity index (χ3n) is 2.42. The maximum Gasteiger partial charge on any atom is 0.292 e. The predicted octanol–water partition coefficient (Wildman–Crippen LogP) is 1.36. The van der Waals surface area contributed by atoms with Crippen LogP contribution in [0.25, 0.3) is 0 Å². The van der Waals surface area contributed by atoms with Gasteiger partial charge in [-0.2, -0.15) is 0 Å².